The Morgan fingerprint density at radius 1 is 1.30 bits per heavy atom. The van der Waals surface area contributed by atoms with Gasteiger partial charge in [-0.1, -0.05) is 45.2 Å². The first kappa shape index (κ1) is 20.5. The molecule has 0 amide bonds. The van der Waals surface area contributed by atoms with Gasteiger partial charge in [0.05, 0.1) is 18.0 Å². The fourth-order valence-electron chi connectivity index (χ4n) is 1.65. The van der Waals surface area contributed by atoms with E-state index in [0.717, 1.165) is 22.5 Å². The largest absolute Gasteiger partial charge is 0.392 e. The van der Waals surface area contributed by atoms with Crippen LogP contribution in [0.3, 0.4) is 0 Å². The molecule has 2 rings (SSSR count). The smallest absolute Gasteiger partial charge is 0.116 e. The third-order valence-corrected chi connectivity index (χ3v) is 2.62. The summed E-state index contributed by atoms with van der Waals surface area (Å²) in [6.45, 7) is 12.6. The van der Waals surface area contributed by atoms with E-state index in [1.807, 2.05) is 40.1 Å². The molecule has 0 radical (unpaired) electrons. The summed E-state index contributed by atoms with van der Waals surface area (Å²) in [5.41, 5.74) is 3.54. The van der Waals surface area contributed by atoms with Crippen LogP contribution >= 0.6 is 0 Å². The average molecular weight is 314 g/mol. The topological polar surface area (TPSA) is 63.8 Å². The number of aliphatic hydroxyl groups is 1. The van der Waals surface area contributed by atoms with Crippen molar-refractivity contribution in [2.75, 3.05) is 6.61 Å². The van der Waals surface area contributed by atoms with Gasteiger partial charge in [-0.25, -0.2) is 9.97 Å². The molecule has 0 aliphatic carbocycles. The molecular weight excluding hydrogens is 288 g/mol. The molecule has 2 aromatic rings. The Hall–Kier alpha value is -2.53. The maximum atomic E-state index is 8.93. The summed E-state index contributed by atoms with van der Waals surface area (Å²) in [4.78, 5) is 8.11. The molecule has 23 heavy (non-hydrogen) atoms. The van der Waals surface area contributed by atoms with Crippen LogP contribution in [0.1, 0.15) is 26.5 Å². The Kier molecular flexibility index (Phi) is 10.7. The van der Waals surface area contributed by atoms with Crippen molar-refractivity contribution in [3.05, 3.63) is 61.9 Å². The molecule has 124 valence electrons. The maximum Gasteiger partial charge on any atom is 0.116 e. The summed E-state index contributed by atoms with van der Waals surface area (Å²) in [6, 6.07) is 1.84. The first-order valence-corrected chi connectivity index (χ1v) is 7.45. The fraction of sp³-hybridized carbons (Fsp3) is 0.278. The third-order valence-electron chi connectivity index (χ3n) is 2.62. The van der Waals surface area contributed by atoms with Gasteiger partial charge in [-0.05, 0) is 18.6 Å². The van der Waals surface area contributed by atoms with Crippen LogP contribution in [0.4, 0.5) is 0 Å². The van der Waals surface area contributed by atoms with Gasteiger partial charge in [0, 0.05) is 25.0 Å². The van der Waals surface area contributed by atoms with Gasteiger partial charge in [0.15, 0.2) is 0 Å². The van der Waals surface area contributed by atoms with E-state index in [1.165, 1.54) is 6.33 Å². The van der Waals surface area contributed by atoms with Crippen LogP contribution in [0.25, 0.3) is 16.8 Å². The number of rotatable bonds is 4. The van der Waals surface area contributed by atoms with Gasteiger partial charge in [-0.2, -0.15) is 5.10 Å². The van der Waals surface area contributed by atoms with E-state index in [1.54, 1.807) is 29.1 Å². The van der Waals surface area contributed by atoms with E-state index in [-0.39, 0.29) is 6.61 Å². The van der Waals surface area contributed by atoms with Crippen LogP contribution in [0.2, 0.25) is 0 Å². The van der Waals surface area contributed by atoms with E-state index in [4.69, 9.17) is 5.11 Å². The quantitative estimate of drug-likeness (QED) is 0.875. The lowest BCUT2D eigenvalue weighted by atomic mass is 10.1. The Morgan fingerprint density at radius 3 is 2.43 bits per heavy atom. The molecule has 0 bridgehead atoms. The van der Waals surface area contributed by atoms with Gasteiger partial charge in [0.2, 0.25) is 0 Å². The molecule has 5 nitrogen and oxygen atoms in total. The van der Waals surface area contributed by atoms with E-state index >= 15 is 0 Å². The molecule has 0 spiro atoms. The molecule has 0 unspecified atom stereocenters. The summed E-state index contributed by atoms with van der Waals surface area (Å²) >= 11 is 0. The Morgan fingerprint density at radius 2 is 1.96 bits per heavy atom. The first-order valence-electron chi connectivity index (χ1n) is 7.45. The van der Waals surface area contributed by atoms with Crippen molar-refractivity contribution < 1.29 is 5.11 Å². The summed E-state index contributed by atoms with van der Waals surface area (Å²) in [7, 11) is 1.86. The van der Waals surface area contributed by atoms with Gasteiger partial charge >= 0.3 is 0 Å². The Bertz CT molecular complexity index is 609. The first-order chi connectivity index (χ1) is 11.1. The molecule has 0 atom stereocenters. The van der Waals surface area contributed by atoms with Crippen LogP contribution in [0, 0.1) is 0 Å². The zero-order valence-electron chi connectivity index (χ0n) is 14.4. The normalized spacial score (nSPS) is 9.87. The highest BCUT2D eigenvalue weighted by Crippen LogP contribution is 2.25. The van der Waals surface area contributed by atoms with Crippen molar-refractivity contribution in [2.45, 2.75) is 20.8 Å². The molecule has 0 aliphatic heterocycles. The van der Waals surface area contributed by atoms with Crippen molar-refractivity contribution in [1.29, 1.82) is 0 Å². The fourth-order valence-corrected chi connectivity index (χ4v) is 1.65. The lowest BCUT2D eigenvalue weighted by Crippen LogP contribution is -1.91. The molecule has 0 aliphatic rings. The van der Waals surface area contributed by atoms with Crippen molar-refractivity contribution in [3.8, 4) is 11.3 Å². The predicted molar refractivity (Wildman–Crippen MR) is 96.7 cm³/mol. The number of aromatic nitrogens is 4. The van der Waals surface area contributed by atoms with Crippen LogP contribution < -0.4 is 0 Å². The lowest BCUT2D eigenvalue weighted by Gasteiger charge is -2.01. The summed E-state index contributed by atoms with van der Waals surface area (Å²) < 4.78 is 1.74. The molecule has 2 aromatic heterocycles. The van der Waals surface area contributed by atoms with Crippen molar-refractivity contribution >= 4 is 5.57 Å². The number of allylic oxidation sites excluding steroid dienone is 3. The second-order valence-electron chi connectivity index (χ2n) is 4.20. The van der Waals surface area contributed by atoms with Crippen LogP contribution in [0.5, 0.6) is 0 Å². The molecule has 5 heteroatoms. The molecule has 0 saturated carbocycles. The van der Waals surface area contributed by atoms with E-state index in [0.29, 0.717) is 0 Å². The van der Waals surface area contributed by atoms with Crippen molar-refractivity contribution in [1.82, 2.24) is 19.7 Å². The molecule has 0 saturated heterocycles. The lowest BCUT2D eigenvalue weighted by molar-refractivity contribution is 0.343. The number of hydrogen-bond acceptors (Lipinski definition) is 4. The summed E-state index contributed by atoms with van der Waals surface area (Å²) in [5.74, 6) is 0. The van der Waals surface area contributed by atoms with Crippen LogP contribution in [0.15, 0.2) is 56.2 Å². The minimum atomic E-state index is 0.00558. The third kappa shape index (κ3) is 6.84. The summed E-state index contributed by atoms with van der Waals surface area (Å²) in [6.07, 6.45) is 10.1. The molecule has 1 N–H and O–H groups in total. The van der Waals surface area contributed by atoms with Gasteiger partial charge < -0.3 is 5.11 Å². The maximum absolute atomic E-state index is 8.93. The van der Waals surface area contributed by atoms with Gasteiger partial charge in [-0.15, -0.1) is 0 Å². The van der Waals surface area contributed by atoms with Crippen molar-refractivity contribution in [3.63, 3.8) is 0 Å². The number of aryl methyl sites for hydroxylation is 1. The zero-order chi connectivity index (χ0) is 17.7. The predicted octanol–water partition coefficient (Wildman–Crippen LogP) is 3.66. The monoisotopic (exact) mass is 314 g/mol. The Labute approximate surface area is 138 Å². The van der Waals surface area contributed by atoms with E-state index in [2.05, 4.69) is 28.2 Å². The van der Waals surface area contributed by atoms with Gasteiger partial charge in [-0.3, -0.25) is 4.68 Å². The second-order valence-corrected chi connectivity index (χ2v) is 4.20. The van der Waals surface area contributed by atoms with E-state index in [9.17, 15) is 0 Å². The summed E-state index contributed by atoms with van der Waals surface area (Å²) in [5, 5.41) is 13.3. The SMILES string of the molecule is C/C(=C\CO)c1nn(C)cc1-c1ccncn1.C=CC=C.CC. The van der Waals surface area contributed by atoms with E-state index < -0.39 is 0 Å². The number of hydrogen-bond donors (Lipinski definition) is 1. The Balaban J connectivity index is 0.000000705. The van der Waals surface area contributed by atoms with Gasteiger partial charge in [0.25, 0.3) is 0 Å². The van der Waals surface area contributed by atoms with Gasteiger partial charge in [0.1, 0.15) is 6.33 Å². The number of aliphatic hydroxyl groups excluding tert-OH is 1. The second kappa shape index (κ2) is 12.1. The molecule has 0 fully saturated rings. The zero-order valence-corrected chi connectivity index (χ0v) is 14.4. The molecule has 2 heterocycles. The minimum Gasteiger partial charge on any atom is -0.392 e. The van der Waals surface area contributed by atoms with Crippen molar-refractivity contribution in [2.24, 2.45) is 7.05 Å². The van der Waals surface area contributed by atoms with Crippen LogP contribution in [-0.2, 0) is 7.05 Å². The molecule has 0 aromatic carbocycles. The molecular formula is C18H26N4O. The van der Waals surface area contributed by atoms with Crippen LogP contribution in [-0.4, -0.2) is 31.5 Å². The average Bonchev–Trinajstić information content (AvgIpc) is 3.00. The highest BCUT2D eigenvalue weighted by molar-refractivity contribution is 5.76. The number of nitrogens with zero attached hydrogens (tertiary/aromatic N) is 4. The highest BCUT2D eigenvalue weighted by Gasteiger charge is 2.12. The standard InChI is InChI=1S/C12H14N4O.C4H6.C2H6/c1-9(4-6-17)12-10(7-16(2)15-12)11-3-5-13-8-14-11;1-3-4-2;1-2/h3-5,7-8,17H,6H2,1-2H3;3-4H,1-2H2;1-2H3/b9-4+;;. The minimum absolute atomic E-state index is 0.00558. The highest BCUT2D eigenvalue weighted by atomic mass is 16.2.